The average Bonchev–Trinajstić information content (AvgIpc) is 2.30. The van der Waals surface area contributed by atoms with Crippen LogP contribution in [0.15, 0.2) is 6.07 Å². The molecule has 0 spiro atoms. The van der Waals surface area contributed by atoms with Gasteiger partial charge in [0.25, 0.3) is 0 Å². The number of nitrogens with one attached hydrogen (secondary N) is 1. The fourth-order valence-corrected chi connectivity index (χ4v) is 1.74. The standard InChI is InChI=1S/C10H13Cl3N2O2/c1-16-5-6(17-2)4-14-10-8(12)3-7(11)9(13)15-10/h3,6H,4-5H2,1-2H3,(H,14,15). The number of hydrogen-bond donors (Lipinski definition) is 1. The summed E-state index contributed by atoms with van der Waals surface area (Å²) in [5, 5.41) is 3.96. The molecule has 1 rings (SSSR count). The fourth-order valence-electron chi connectivity index (χ4n) is 1.17. The van der Waals surface area contributed by atoms with Crippen molar-refractivity contribution < 1.29 is 9.47 Å². The SMILES string of the molecule is COCC(CNc1nc(Cl)c(Cl)cc1Cl)OC. The van der Waals surface area contributed by atoms with Crippen molar-refractivity contribution >= 4 is 40.6 Å². The van der Waals surface area contributed by atoms with Crippen molar-refractivity contribution in [3.8, 4) is 0 Å². The van der Waals surface area contributed by atoms with Gasteiger partial charge in [-0.25, -0.2) is 4.98 Å². The van der Waals surface area contributed by atoms with Crippen LogP contribution in [-0.4, -0.2) is 38.5 Å². The number of rotatable bonds is 6. The summed E-state index contributed by atoms with van der Waals surface area (Å²) in [7, 11) is 3.21. The van der Waals surface area contributed by atoms with Gasteiger partial charge in [0.05, 0.1) is 22.8 Å². The Morgan fingerprint density at radius 1 is 1.29 bits per heavy atom. The Hall–Kier alpha value is -0.260. The summed E-state index contributed by atoms with van der Waals surface area (Å²) < 4.78 is 10.2. The first-order valence-corrected chi connectivity index (χ1v) is 5.99. The molecule has 0 aliphatic rings. The van der Waals surface area contributed by atoms with Crippen LogP contribution in [0.1, 0.15) is 0 Å². The maximum Gasteiger partial charge on any atom is 0.150 e. The molecule has 0 bridgehead atoms. The Labute approximate surface area is 115 Å². The summed E-state index contributed by atoms with van der Waals surface area (Å²) in [6.45, 7) is 0.984. The maximum atomic E-state index is 5.97. The lowest BCUT2D eigenvalue weighted by Crippen LogP contribution is -2.27. The van der Waals surface area contributed by atoms with Crippen molar-refractivity contribution in [3.05, 3.63) is 21.3 Å². The number of pyridine rings is 1. The van der Waals surface area contributed by atoms with Gasteiger partial charge in [0.1, 0.15) is 11.0 Å². The molecular formula is C10H13Cl3N2O2. The van der Waals surface area contributed by atoms with E-state index >= 15 is 0 Å². The van der Waals surface area contributed by atoms with Crippen molar-refractivity contribution in [1.82, 2.24) is 4.98 Å². The monoisotopic (exact) mass is 298 g/mol. The third-order valence-electron chi connectivity index (χ3n) is 2.07. The quantitative estimate of drug-likeness (QED) is 0.820. The van der Waals surface area contributed by atoms with Gasteiger partial charge in [-0.1, -0.05) is 34.8 Å². The van der Waals surface area contributed by atoms with E-state index in [0.29, 0.717) is 29.0 Å². The highest BCUT2D eigenvalue weighted by Gasteiger charge is 2.11. The minimum Gasteiger partial charge on any atom is -0.382 e. The first-order valence-electron chi connectivity index (χ1n) is 4.85. The lowest BCUT2D eigenvalue weighted by atomic mass is 10.3. The number of methoxy groups -OCH3 is 2. The zero-order chi connectivity index (χ0) is 12.8. The van der Waals surface area contributed by atoms with E-state index in [-0.39, 0.29) is 11.3 Å². The molecule has 17 heavy (non-hydrogen) atoms. The molecule has 1 aromatic rings. The lowest BCUT2D eigenvalue weighted by molar-refractivity contribution is 0.0365. The topological polar surface area (TPSA) is 43.4 Å². The third-order valence-corrected chi connectivity index (χ3v) is 3.03. The van der Waals surface area contributed by atoms with Gasteiger partial charge in [-0.05, 0) is 6.07 Å². The van der Waals surface area contributed by atoms with E-state index < -0.39 is 0 Å². The summed E-state index contributed by atoms with van der Waals surface area (Å²) in [6, 6.07) is 1.54. The van der Waals surface area contributed by atoms with Crippen LogP contribution in [0, 0.1) is 0 Å². The number of hydrogen-bond acceptors (Lipinski definition) is 4. The third kappa shape index (κ3) is 4.48. The molecule has 0 amide bonds. The van der Waals surface area contributed by atoms with Crippen molar-refractivity contribution in [3.63, 3.8) is 0 Å². The van der Waals surface area contributed by atoms with E-state index in [0.717, 1.165) is 0 Å². The molecule has 1 heterocycles. The van der Waals surface area contributed by atoms with Crippen LogP contribution < -0.4 is 5.32 Å². The van der Waals surface area contributed by atoms with Gasteiger partial charge in [-0.15, -0.1) is 0 Å². The zero-order valence-corrected chi connectivity index (χ0v) is 11.7. The van der Waals surface area contributed by atoms with Gasteiger partial charge in [0.2, 0.25) is 0 Å². The highest BCUT2D eigenvalue weighted by molar-refractivity contribution is 6.42. The maximum absolute atomic E-state index is 5.97. The van der Waals surface area contributed by atoms with Gasteiger partial charge < -0.3 is 14.8 Å². The Bertz CT molecular complexity index is 377. The van der Waals surface area contributed by atoms with E-state index in [4.69, 9.17) is 44.3 Å². The molecule has 4 nitrogen and oxygen atoms in total. The predicted molar refractivity (Wildman–Crippen MR) is 70.4 cm³/mol. The lowest BCUT2D eigenvalue weighted by Gasteiger charge is -2.16. The smallest absolute Gasteiger partial charge is 0.150 e. The van der Waals surface area contributed by atoms with Crippen molar-refractivity contribution in [2.75, 3.05) is 32.7 Å². The second-order valence-electron chi connectivity index (χ2n) is 3.29. The molecule has 0 aliphatic carbocycles. The molecule has 0 aliphatic heterocycles. The average molecular weight is 300 g/mol. The molecule has 0 radical (unpaired) electrons. The molecule has 1 N–H and O–H groups in total. The van der Waals surface area contributed by atoms with Crippen molar-refractivity contribution in [1.29, 1.82) is 0 Å². The molecule has 96 valence electrons. The molecule has 0 aromatic carbocycles. The minimum absolute atomic E-state index is 0.0904. The van der Waals surface area contributed by atoms with Crippen molar-refractivity contribution in [2.45, 2.75) is 6.10 Å². The number of nitrogens with zero attached hydrogens (tertiary/aromatic N) is 1. The van der Waals surface area contributed by atoms with Gasteiger partial charge in [0.15, 0.2) is 0 Å². The largest absolute Gasteiger partial charge is 0.382 e. The van der Waals surface area contributed by atoms with Gasteiger partial charge in [-0.2, -0.15) is 0 Å². The van der Waals surface area contributed by atoms with E-state index in [1.165, 1.54) is 0 Å². The van der Waals surface area contributed by atoms with E-state index in [2.05, 4.69) is 10.3 Å². The Balaban J connectivity index is 2.65. The van der Waals surface area contributed by atoms with Crippen LogP contribution in [0.5, 0.6) is 0 Å². The molecule has 1 unspecified atom stereocenters. The summed E-state index contributed by atoms with van der Waals surface area (Å²) in [5.74, 6) is 0.471. The van der Waals surface area contributed by atoms with Crippen LogP contribution in [0.4, 0.5) is 5.82 Å². The second kappa shape index (κ2) is 7.24. The van der Waals surface area contributed by atoms with Crippen LogP contribution in [0.25, 0.3) is 0 Å². The van der Waals surface area contributed by atoms with Crippen molar-refractivity contribution in [2.24, 2.45) is 0 Å². The van der Waals surface area contributed by atoms with Gasteiger partial charge >= 0.3 is 0 Å². The first kappa shape index (κ1) is 14.8. The van der Waals surface area contributed by atoms with E-state index in [1.807, 2.05) is 0 Å². The van der Waals surface area contributed by atoms with Crippen LogP contribution in [0.2, 0.25) is 15.2 Å². The second-order valence-corrected chi connectivity index (χ2v) is 4.46. The van der Waals surface area contributed by atoms with E-state index in [1.54, 1.807) is 20.3 Å². The fraction of sp³-hybridized carbons (Fsp3) is 0.500. The molecule has 0 saturated carbocycles. The highest BCUT2D eigenvalue weighted by Crippen LogP contribution is 2.28. The number of ether oxygens (including phenoxy) is 2. The van der Waals surface area contributed by atoms with E-state index in [9.17, 15) is 0 Å². The molecule has 0 fully saturated rings. The van der Waals surface area contributed by atoms with Gasteiger partial charge in [0, 0.05) is 20.8 Å². The predicted octanol–water partition coefficient (Wildman–Crippen LogP) is 3.12. The van der Waals surface area contributed by atoms with Gasteiger partial charge in [-0.3, -0.25) is 0 Å². The number of anilines is 1. The molecule has 7 heteroatoms. The highest BCUT2D eigenvalue weighted by atomic mass is 35.5. The zero-order valence-electron chi connectivity index (χ0n) is 9.47. The van der Waals surface area contributed by atoms with Crippen LogP contribution in [0.3, 0.4) is 0 Å². The Morgan fingerprint density at radius 3 is 2.59 bits per heavy atom. The van der Waals surface area contributed by atoms with Crippen LogP contribution >= 0.6 is 34.8 Å². The molecule has 1 atom stereocenters. The Kier molecular flexibility index (Phi) is 6.30. The normalized spacial score (nSPS) is 12.5. The Morgan fingerprint density at radius 2 is 2.00 bits per heavy atom. The summed E-state index contributed by atoms with van der Waals surface area (Å²) >= 11 is 17.5. The first-order chi connectivity index (χ1) is 8.08. The number of halogens is 3. The summed E-state index contributed by atoms with van der Waals surface area (Å²) in [4.78, 5) is 4.03. The molecule has 1 aromatic heterocycles. The number of aromatic nitrogens is 1. The molecule has 0 saturated heterocycles. The summed E-state index contributed by atoms with van der Waals surface area (Å²) in [5.41, 5.74) is 0. The molecular weight excluding hydrogens is 286 g/mol. The minimum atomic E-state index is -0.0904. The summed E-state index contributed by atoms with van der Waals surface area (Å²) in [6.07, 6.45) is -0.0904. The van der Waals surface area contributed by atoms with Crippen LogP contribution in [-0.2, 0) is 9.47 Å².